The third-order valence-electron chi connectivity index (χ3n) is 6.86. The van der Waals surface area contributed by atoms with Crippen LogP contribution >= 0.6 is 11.6 Å². The summed E-state index contributed by atoms with van der Waals surface area (Å²) in [6, 6.07) is 13.8. The number of ether oxygens (including phenoxy) is 3. The third-order valence-corrected chi connectivity index (χ3v) is 7.09. The molecule has 40 heavy (non-hydrogen) atoms. The molecule has 208 valence electrons. The van der Waals surface area contributed by atoms with Gasteiger partial charge >= 0.3 is 5.97 Å². The van der Waals surface area contributed by atoms with Gasteiger partial charge in [-0.3, -0.25) is 14.2 Å². The average Bonchev–Trinajstić information content (AvgIpc) is 2.97. The summed E-state index contributed by atoms with van der Waals surface area (Å²) in [7, 11) is 1.46. The molecular formula is C30H30ClN3O6. The first-order valence-corrected chi connectivity index (χ1v) is 13.4. The van der Waals surface area contributed by atoms with E-state index >= 15 is 0 Å². The minimum atomic E-state index is -0.849. The Morgan fingerprint density at radius 3 is 2.52 bits per heavy atom. The number of nitrogens with zero attached hydrogens (tertiary/aromatic N) is 2. The zero-order valence-corrected chi connectivity index (χ0v) is 23.1. The Kier molecular flexibility index (Phi) is 9.59. The fourth-order valence-electron chi connectivity index (χ4n) is 4.76. The average molecular weight is 564 g/mol. The highest BCUT2D eigenvalue weighted by atomic mass is 35.5. The quantitative estimate of drug-likeness (QED) is 0.354. The van der Waals surface area contributed by atoms with Crippen molar-refractivity contribution in [1.82, 2.24) is 4.57 Å². The maximum Gasteiger partial charge on any atom is 0.338 e. The van der Waals surface area contributed by atoms with Crippen LogP contribution in [0.3, 0.4) is 0 Å². The first kappa shape index (κ1) is 28.9. The van der Waals surface area contributed by atoms with E-state index in [2.05, 4.69) is 11.4 Å². The Morgan fingerprint density at radius 2 is 1.88 bits per heavy atom. The lowest BCUT2D eigenvalue weighted by atomic mass is 9.91. The molecule has 0 spiro atoms. The number of nitrogens with one attached hydrogen (secondary N) is 1. The fraction of sp³-hybridized carbons (Fsp3) is 0.333. The molecule has 0 bridgehead atoms. The molecule has 4 rings (SSSR count). The summed E-state index contributed by atoms with van der Waals surface area (Å²) in [6.45, 7) is 3.18. The van der Waals surface area contributed by atoms with Gasteiger partial charge in [0, 0.05) is 41.1 Å². The second-order valence-corrected chi connectivity index (χ2v) is 9.83. The fourth-order valence-corrected chi connectivity index (χ4v) is 4.93. The number of rotatable bonds is 9. The van der Waals surface area contributed by atoms with Crippen LogP contribution in [0.4, 0.5) is 5.69 Å². The molecule has 1 atom stereocenters. The van der Waals surface area contributed by atoms with Crippen LogP contribution in [0.1, 0.15) is 48.1 Å². The van der Waals surface area contributed by atoms with Crippen LogP contribution in [-0.2, 0) is 14.3 Å². The highest BCUT2D eigenvalue weighted by Crippen LogP contribution is 2.34. The van der Waals surface area contributed by atoms with E-state index in [0.29, 0.717) is 58.3 Å². The zero-order valence-electron chi connectivity index (χ0n) is 22.3. The standard InChI is InChI=1S/C30H30ClN3O6/c1-3-40-30(37)20-5-8-23(9-6-20)33-29(36)26(14-19-10-12-39-13-11-19)34-18-27(38-2)25(16-28(34)35)24-15-22(31)7-4-21(24)17-32/h4-9,15-16,18-19,26H,3,10-14H2,1-2H3,(H,33,36). The van der Waals surface area contributed by atoms with Gasteiger partial charge in [-0.15, -0.1) is 0 Å². The first-order chi connectivity index (χ1) is 19.3. The number of aromatic nitrogens is 1. The van der Waals surface area contributed by atoms with E-state index in [-0.39, 0.29) is 18.4 Å². The van der Waals surface area contributed by atoms with Crippen LogP contribution in [0.2, 0.25) is 5.02 Å². The highest BCUT2D eigenvalue weighted by molar-refractivity contribution is 6.31. The molecule has 1 amide bonds. The van der Waals surface area contributed by atoms with Gasteiger partial charge < -0.3 is 19.5 Å². The molecule has 1 N–H and O–H groups in total. The molecule has 0 aliphatic carbocycles. The summed E-state index contributed by atoms with van der Waals surface area (Å²) in [5, 5.41) is 12.9. The highest BCUT2D eigenvalue weighted by Gasteiger charge is 2.28. The van der Waals surface area contributed by atoms with Gasteiger partial charge in [-0.1, -0.05) is 11.6 Å². The van der Waals surface area contributed by atoms with Gasteiger partial charge in [-0.05, 0) is 74.6 Å². The molecule has 1 aromatic heterocycles. The molecular weight excluding hydrogens is 534 g/mol. The topological polar surface area (TPSA) is 120 Å². The summed E-state index contributed by atoms with van der Waals surface area (Å²) in [5.74, 6) is -0.336. The molecule has 3 aromatic rings. The van der Waals surface area contributed by atoms with E-state index in [9.17, 15) is 19.6 Å². The van der Waals surface area contributed by atoms with Crippen molar-refractivity contribution in [3.05, 3.63) is 81.2 Å². The normalized spacial score (nSPS) is 14.2. The first-order valence-electron chi connectivity index (χ1n) is 13.0. The van der Waals surface area contributed by atoms with E-state index in [4.69, 9.17) is 25.8 Å². The number of esters is 1. The van der Waals surface area contributed by atoms with Crippen molar-refractivity contribution in [2.24, 2.45) is 5.92 Å². The van der Waals surface area contributed by atoms with Crippen molar-refractivity contribution >= 4 is 29.2 Å². The number of anilines is 1. The minimum absolute atomic E-state index is 0.173. The lowest BCUT2D eigenvalue weighted by Crippen LogP contribution is -2.35. The number of hydrogen-bond donors (Lipinski definition) is 1. The monoisotopic (exact) mass is 563 g/mol. The van der Waals surface area contributed by atoms with Gasteiger partial charge in [-0.2, -0.15) is 5.26 Å². The maximum absolute atomic E-state index is 13.7. The van der Waals surface area contributed by atoms with Crippen LogP contribution in [0, 0.1) is 17.2 Å². The Morgan fingerprint density at radius 1 is 1.15 bits per heavy atom. The summed E-state index contributed by atoms with van der Waals surface area (Å²) in [5.41, 5.74) is 1.62. The Hall–Kier alpha value is -4.13. The number of amides is 1. The summed E-state index contributed by atoms with van der Waals surface area (Å²) in [4.78, 5) is 39.2. The van der Waals surface area contributed by atoms with Crippen LogP contribution in [0.5, 0.6) is 5.75 Å². The Balaban J connectivity index is 1.70. The second kappa shape index (κ2) is 13.3. The number of carbonyl (C=O) groups is 2. The summed E-state index contributed by atoms with van der Waals surface area (Å²) >= 11 is 6.19. The van der Waals surface area contributed by atoms with Crippen LogP contribution in [0.15, 0.2) is 59.5 Å². The van der Waals surface area contributed by atoms with Crippen molar-refractivity contribution in [3.63, 3.8) is 0 Å². The van der Waals surface area contributed by atoms with Crippen molar-refractivity contribution in [2.45, 2.75) is 32.2 Å². The second-order valence-electron chi connectivity index (χ2n) is 9.40. The van der Waals surface area contributed by atoms with Crippen molar-refractivity contribution < 1.29 is 23.8 Å². The number of halogens is 1. The summed E-state index contributed by atoms with van der Waals surface area (Å²) in [6.07, 6.45) is 3.47. The molecule has 0 radical (unpaired) electrons. The van der Waals surface area contributed by atoms with Crippen molar-refractivity contribution in [3.8, 4) is 22.9 Å². The molecule has 0 saturated carbocycles. The van der Waals surface area contributed by atoms with Gasteiger partial charge in [0.25, 0.3) is 5.56 Å². The molecule has 1 unspecified atom stereocenters. The molecule has 10 heteroatoms. The molecule has 2 heterocycles. The van der Waals surface area contributed by atoms with Crippen molar-refractivity contribution in [2.75, 3.05) is 32.2 Å². The predicted octanol–water partition coefficient (Wildman–Crippen LogP) is 5.22. The number of nitriles is 1. The lowest BCUT2D eigenvalue weighted by molar-refractivity contribution is -0.120. The van der Waals surface area contributed by atoms with E-state index in [0.717, 1.165) is 12.8 Å². The minimum Gasteiger partial charge on any atom is -0.495 e. The van der Waals surface area contributed by atoms with Crippen LogP contribution in [0.25, 0.3) is 11.1 Å². The summed E-state index contributed by atoms with van der Waals surface area (Å²) < 4.78 is 17.5. The zero-order chi connectivity index (χ0) is 28.6. The smallest absolute Gasteiger partial charge is 0.338 e. The molecule has 1 fully saturated rings. The van der Waals surface area contributed by atoms with E-state index in [1.165, 1.54) is 23.9 Å². The Labute approximate surface area is 237 Å². The number of methoxy groups -OCH3 is 1. The molecule has 1 aliphatic heterocycles. The molecule has 1 aliphatic rings. The number of hydrogen-bond acceptors (Lipinski definition) is 7. The number of benzene rings is 2. The van der Waals surface area contributed by atoms with Gasteiger partial charge in [0.2, 0.25) is 5.91 Å². The number of carbonyl (C=O) groups excluding carboxylic acids is 2. The molecule has 1 saturated heterocycles. The largest absolute Gasteiger partial charge is 0.495 e. The predicted molar refractivity (Wildman–Crippen MR) is 151 cm³/mol. The van der Waals surface area contributed by atoms with Gasteiger partial charge in [0.05, 0.1) is 37.1 Å². The van der Waals surface area contributed by atoms with Gasteiger partial charge in [0.15, 0.2) is 0 Å². The van der Waals surface area contributed by atoms with Gasteiger partial charge in [0.1, 0.15) is 11.8 Å². The van der Waals surface area contributed by atoms with E-state index in [1.54, 1.807) is 49.4 Å². The third kappa shape index (κ3) is 6.71. The van der Waals surface area contributed by atoms with Gasteiger partial charge in [-0.25, -0.2) is 4.79 Å². The maximum atomic E-state index is 13.7. The Bertz CT molecular complexity index is 1470. The van der Waals surface area contributed by atoms with Crippen LogP contribution in [-0.4, -0.2) is 43.4 Å². The lowest BCUT2D eigenvalue weighted by Gasteiger charge is -2.28. The number of pyridine rings is 1. The van der Waals surface area contributed by atoms with Crippen molar-refractivity contribution in [1.29, 1.82) is 5.26 Å². The SMILES string of the molecule is CCOC(=O)c1ccc(NC(=O)C(CC2CCOCC2)n2cc(OC)c(-c3cc(Cl)ccc3C#N)cc2=O)cc1. The molecule has 2 aromatic carbocycles. The molecule has 9 nitrogen and oxygen atoms in total. The van der Waals surface area contributed by atoms with E-state index in [1.807, 2.05) is 0 Å². The van der Waals surface area contributed by atoms with E-state index < -0.39 is 17.6 Å². The van der Waals surface area contributed by atoms with Crippen LogP contribution < -0.4 is 15.6 Å².